The summed E-state index contributed by atoms with van der Waals surface area (Å²) in [5.74, 6) is 0.553. The maximum absolute atomic E-state index is 9.13. The zero-order chi connectivity index (χ0) is 10.7. The molecule has 2 heteroatoms. The van der Waals surface area contributed by atoms with Gasteiger partial charge in [-0.25, -0.2) is 0 Å². The van der Waals surface area contributed by atoms with Crippen molar-refractivity contribution in [1.29, 1.82) is 0 Å². The van der Waals surface area contributed by atoms with Crippen LogP contribution in [0.25, 0.3) is 0 Å². The molecule has 88 valence electrons. The summed E-state index contributed by atoms with van der Waals surface area (Å²) in [6.07, 6.45) is 8.31. The van der Waals surface area contributed by atoms with E-state index in [0.717, 1.165) is 6.54 Å². The SMILES string of the molecule is CC1(CN2CCC(CO)C2)CCCCC1. The molecule has 1 saturated carbocycles. The largest absolute Gasteiger partial charge is 0.396 e. The highest BCUT2D eigenvalue weighted by Crippen LogP contribution is 2.37. The maximum atomic E-state index is 9.13. The topological polar surface area (TPSA) is 23.5 Å². The van der Waals surface area contributed by atoms with E-state index in [1.165, 1.54) is 51.6 Å². The first-order chi connectivity index (χ1) is 7.22. The molecule has 0 aromatic rings. The van der Waals surface area contributed by atoms with Gasteiger partial charge in [0.15, 0.2) is 0 Å². The first kappa shape index (κ1) is 11.4. The van der Waals surface area contributed by atoms with Crippen molar-refractivity contribution in [3.05, 3.63) is 0 Å². The number of hydrogen-bond acceptors (Lipinski definition) is 2. The Morgan fingerprint density at radius 3 is 2.60 bits per heavy atom. The van der Waals surface area contributed by atoms with Gasteiger partial charge in [-0.1, -0.05) is 26.2 Å². The van der Waals surface area contributed by atoms with Crippen LogP contribution < -0.4 is 0 Å². The van der Waals surface area contributed by atoms with E-state index in [2.05, 4.69) is 11.8 Å². The van der Waals surface area contributed by atoms with Crippen molar-refractivity contribution in [3.8, 4) is 0 Å². The number of aliphatic hydroxyl groups is 1. The van der Waals surface area contributed by atoms with Gasteiger partial charge in [-0.3, -0.25) is 0 Å². The van der Waals surface area contributed by atoms with Gasteiger partial charge in [0.25, 0.3) is 0 Å². The van der Waals surface area contributed by atoms with Crippen molar-refractivity contribution in [2.75, 3.05) is 26.2 Å². The molecule has 2 fully saturated rings. The van der Waals surface area contributed by atoms with Crippen molar-refractivity contribution < 1.29 is 5.11 Å². The molecular formula is C13H25NO. The van der Waals surface area contributed by atoms with Crippen molar-refractivity contribution in [2.45, 2.75) is 45.4 Å². The van der Waals surface area contributed by atoms with Crippen molar-refractivity contribution in [2.24, 2.45) is 11.3 Å². The predicted octanol–water partition coefficient (Wildman–Crippen LogP) is 2.27. The van der Waals surface area contributed by atoms with E-state index >= 15 is 0 Å². The van der Waals surface area contributed by atoms with Gasteiger partial charge in [0.05, 0.1) is 0 Å². The highest BCUT2D eigenvalue weighted by molar-refractivity contribution is 4.85. The molecule has 2 rings (SSSR count). The molecule has 1 aliphatic heterocycles. The Kier molecular flexibility index (Phi) is 3.68. The fourth-order valence-corrected chi connectivity index (χ4v) is 3.31. The average molecular weight is 211 g/mol. The Balaban J connectivity index is 1.80. The highest BCUT2D eigenvalue weighted by atomic mass is 16.3. The summed E-state index contributed by atoms with van der Waals surface area (Å²) in [5, 5.41) is 9.13. The van der Waals surface area contributed by atoms with E-state index in [1.54, 1.807) is 0 Å². The zero-order valence-corrected chi connectivity index (χ0v) is 10.0. The van der Waals surface area contributed by atoms with Crippen LogP contribution in [0.15, 0.2) is 0 Å². The Bertz CT molecular complexity index is 199. The normalized spacial score (nSPS) is 32.0. The minimum absolute atomic E-state index is 0.382. The third kappa shape index (κ3) is 2.94. The van der Waals surface area contributed by atoms with E-state index in [0.29, 0.717) is 17.9 Å². The van der Waals surface area contributed by atoms with Gasteiger partial charge in [0, 0.05) is 19.7 Å². The van der Waals surface area contributed by atoms with Crippen LogP contribution in [0.4, 0.5) is 0 Å². The summed E-state index contributed by atoms with van der Waals surface area (Å²) in [6.45, 7) is 6.45. The standard InChI is InChI=1S/C13H25NO/c1-13(6-3-2-4-7-13)11-14-8-5-12(9-14)10-15/h12,15H,2-11H2,1H3. The minimum atomic E-state index is 0.382. The average Bonchev–Trinajstić information content (AvgIpc) is 2.66. The number of likely N-dealkylation sites (tertiary alicyclic amines) is 1. The fraction of sp³-hybridized carbons (Fsp3) is 1.00. The predicted molar refractivity (Wildman–Crippen MR) is 62.8 cm³/mol. The summed E-state index contributed by atoms with van der Waals surface area (Å²) >= 11 is 0. The van der Waals surface area contributed by atoms with Crippen LogP contribution in [-0.2, 0) is 0 Å². The molecule has 0 aromatic heterocycles. The van der Waals surface area contributed by atoms with Crippen LogP contribution in [0.5, 0.6) is 0 Å². The lowest BCUT2D eigenvalue weighted by Crippen LogP contribution is -2.36. The van der Waals surface area contributed by atoms with Gasteiger partial charge < -0.3 is 10.0 Å². The van der Waals surface area contributed by atoms with Gasteiger partial charge in [-0.15, -0.1) is 0 Å². The molecule has 1 N–H and O–H groups in total. The third-order valence-electron chi connectivity index (χ3n) is 4.29. The summed E-state index contributed by atoms with van der Waals surface area (Å²) in [4.78, 5) is 2.58. The van der Waals surface area contributed by atoms with Crippen LogP contribution in [0.2, 0.25) is 0 Å². The summed E-state index contributed by atoms with van der Waals surface area (Å²) in [7, 11) is 0. The van der Waals surface area contributed by atoms with E-state index in [9.17, 15) is 0 Å². The molecule has 1 saturated heterocycles. The first-order valence-electron chi connectivity index (χ1n) is 6.55. The van der Waals surface area contributed by atoms with Crippen LogP contribution in [0, 0.1) is 11.3 Å². The lowest BCUT2D eigenvalue weighted by Gasteiger charge is -2.37. The van der Waals surface area contributed by atoms with Crippen LogP contribution in [-0.4, -0.2) is 36.2 Å². The number of hydrogen-bond donors (Lipinski definition) is 1. The van der Waals surface area contributed by atoms with Crippen LogP contribution in [0.3, 0.4) is 0 Å². The zero-order valence-electron chi connectivity index (χ0n) is 10.0. The number of rotatable bonds is 3. The molecule has 0 bridgehead atoms. The molecule has 1 unspecified atom stereocenters. The molecule has 0 amide bonds. The second kappa shape index (κ2) is 4.84. The molecule has 2 nitrogen and oxygen atoms in total. The smallest absolute Gasteiger partial charge is 0.0471 e. The lowest BCUT2D eigenvalue weighted by molar-refractivity contribution is 0.131. The third-order valence-corrected chi connectivity index (χ3v) is 4.29. The second-order valence-electron chi connectivity index (χ2n) is 5.94. The highest BCUT2D eigenvalue weighted by Gasteiger charge is 2.31. The minimum Gasteiger partial charge on any atom is -0.396 e. The maximum Gasteiger partial charge on any atom is 0.0471 e. The van der Waals surface area contributed by atoms with Gasteiger partial charge >= 0.3 is 0 Å². The van der Waals surface area contributed by atoms with Gasteiger partial charge in [0.2, 0.25) is 0 Å². The summed E-state index contributed by atoms with van der Waals surface area (Å²) < 4.78 is 0. The monoisotopic (exact) mass is 211 g/mol. The molecule has 0 radical (unpaired) electrons. The van der Waals surface area contributed by atoms with E-state index in [1.807, 2.05) is 0 Å². The summed E-state index contributed by atoms with van der Waals surface area (Å²) in [5.41, 5.74) is 0.572. The molecule has 0 spiro atoms. The van der Waals surface area contributed by atoms with Gasteiger partial charge in [0.1, 0.15) is 0 Å². The van der Waals surface area contributed by atoms with E-state index < -0.39 is 0 Å². The summed E-state index contributed by atoms with van der Waals surface area (Å²) in [6, 6.07) is 0. The van der Waals surface area contributed by atoms with Crippen LogP contribution in [0.1, 0.15) is 45.4 Å². The molecule has 15 heavy (non-hydrogen) atoms. The Morgan fingerprint density at radius 2 is 2.00 bits per heavy atom. The molecular weight excluding hydrogens is 186 g/mol. The Labute approximate surface area is 93.7 Å². The number of nitrogens with zero attached hydrogens (tertiary/aromatic N) is 1. The van der Waals surface area contributed by atoms with E-state index in [-0.39, 0.29) is 0 Å². The molecule has 2 aliphatic rings. The Hall–Kier alpha value is -0.0800. The van der Waals surface area contributed by atoms with Crippen LogP contribution >= 0.6 is 0 Å². The lowest BCUT2D eigenvalue weighted by atomic mass is 9.75. The van der Waals surface area contributed by atoms with Gasteiger partial charge in [-0.2, -0.15) is 0 Å². The molecule has 1 aliphatic carbocycles. The van der Waals surface area contributed by atoms with E-state index in [4.69, 9.17) is 5.11 Å². The quantitative estimate of drug-likeness (QED) is 0.774. The fourth-order valence-electron chi connectivity index (χ4n) is 3.31. The molecule has 1 atom stereocenters. The molecule has 1 heterocycles. The molecule has 0 aromatic carbocycles. The van der Waals surface area contributed by atoms with Crippen molar-refractivity contribution in [3.63, 3.8) is 0 Å². The number of aliphatic hydroxyl groups excluding tert-OH is 1. The van der Waals surface area contributed by atoms with Gasteiger partial charge in [-0.05, 0) is 37.1 Å². The first-order valence-corrected chi connectivity index (χ1v) is 6.55. The van der Waals surface area contributed by atoms with Crippen molar-refractivity contribution >= 4 is 0 Å². The van der Waals surface area contributed by atoms with Crippen molar-refractivity contribution in [1.82, 2.24) is 4.90 Å². The second-order valence-corrected chi connectivity index (χ2v) is 5.94. The Morgan fingerprint density at radius 1 is 1.27 bits per heavy atom.